The monoisotopic (exact) mass is 358 g/mol. The highest BCUT2D eigenvalue weighted by atomic mass is 16.5. The molecule has 0 amide bonds. The van der Waals surface area contributed by atoms with Crippen molar-refractivity contribution in [3.63, 3.8) is 0 Å². The molecular formula is C21H34N4O. The predicted molar refractivity (Wildman–Crippen MR) is 107 cm³/mol. The van der Waals surface area contributed by atoms with Crippen LogP contribution in [0.15, 0.2) is 35.3 Å². The Balaban J connectivity index is 1.57. The smallest absolute Gasteiger partial charge is 0.191 e. The van der Waals surface area contributed by atoms with Crippen molar-refractivity contribution in [1.82, 2.24) is 15.5 Å². The van der Waals surface area contributed by atoms with Gasteiger partial charge in [0.15, 0.2) is 5.96 Å². The second-order valence-corrected chi connectivity index (χ2v) is 7.61. The molecule has 26 heavy (non-hydrogen) atoms. The summed E-state index contributed by atoms with van der Waals surface area (Å²) in [5.41, 5.74) is 1.38. The van der Waals surface area contributed by atoms with E-state index >= 15 is 0 Å². The minimum atomic E-state index is 0.321. The number of hydrogen-bond donors (Lipinski definition) is 2. The second-order valence-electron chi connectivity index (χ2n) is 7.61. The molecule has 0 radical (unpaired) electrons. The van der Waals surface area contributed by atoms with Crippen molar-refractivity contribution in [1.29, 1.82) is 0 Å². The highest BCUT2D eigenvalue weighted by Crippen LogP contribution is 2.26. The van der Waals surface area contributed by atoms with Gasteiger partial charge in [-0.05, 0) is 50.3 Å². The van der Waals surface area contributed by atoms with Gasteiger partial charge in [0.2, 0.25) is 0 Å². The minimum Gasteiger partial charge on any atom is -0.376 e. The Morgan fingerprint density at radius 2 is 1.96 bits per heavy atom. The molecule has 1 aromatic carbocycles. The van der Waals surface area contributed by atoms with Crippen LogP contribution in [0.1, 0.15) is 44.2 Å². The molecule has 5 nitrogen and oxygen atoms in total. The van der Waals surface area contributed by atoms with Gasteiger partial charge >= 0.3 is 0 Å². The summed E-state index contributed by atoms with van der Waals surface area (Å²) in [4.78, 5) is 7.01. The van der Waals surface area contributed by atoms with Gasteiger partial charge in [0.1, 0.15) is 0 Å². The Labute approximate surface area is 158 Å². The van der Waals surface area contributed by atoms with Crippen LogP contribution >= 0.6 is 0 Å². The molecule has 2 aliphatic rings. The van der Waals surface area contributed by atoms with E-state index in [1.54, 1.807) is 0 Å². The van der Waals surface area contributed by atoms with Crippen molar-refractivity contribution in [2.45, 2.75) is 44.8 Å². The zero-order valence-corrected chi connectivity index (χ0v) is 16.3. The van der Waals surface area contributed by atoms with Crippen LogP contribution < -0.4 is 10.6 Å². The van der Waals surface area contributed by atoms with Gasteiger partial charge in [-0.1, -0.05) is 37.3 Å². The summed E-state index contributed by atoms with van der Waals surface area (Å²) in [5.74, 6) is 1.71. The molecule has 0 aromatic heterocycles. The van der Waals surface area contributed by atoms with Crippen molar-refractivity contribution < 1.29 is 4.74 Å². The fraction of sp³-hybridized carbons (Fsp3) is 0.667. The van der Waals surface area contributed by atoms with Crippen molar-refractivity contribution in [2.75, 3.05) is 39.8 Å². The van der Waals surface area contributed by atoms with E-state index in [1.807, 2.05) is 7.05 Å². The van der Waals surface area contributed by atoms with Gasteiger partial charge in [0, 0.05) is 26.7 Å². The highest BCUT2D eigenvalue weighted by Gasteiger charge is 2.25. The minimum absolute atomic E-state index is 0.321. The summed E-state index contributed by atoms with van der Waals surface area (Å²) in [7, 11) is 1.84. The number of likely N-dealkylation sites (tertiary alicyclic amines) is 1. The zero-order valence-electron chi connectivity index (χ0n) is 16.3. The Bertz CT molecular complexity index is 548. The van der Waals surface area contributed by atoms with Gasteiger partial charge in [-0.25, -0.2) is 0 Å². The Kier molecular flexibility index (Phi) is 7.32. The number of nitrogens with one attached hydrogen (secondary N) is 2. The van der Waals surface area contributed by atoms with Crippen LogP contribution in [-0.4, -0.2) is 56.8 Å². The topological polar surface area (TPSA) is 48.9 Å². The highest BCUT2D eigenvalue weighted by molar-refractivity contribution is 5.79. The molecule has 3 rings (SSSR count). The van der Waals surface area contributed by atoms with Gasteiger partial charge in [0.05, 0.1) is 12.1 Å². The van der Waals surface area contributed by atoms with Gasteiger partial charge < -0.3 is 15.4 Å². The molecule has 2 atom stereocenters. The summed E-state index contributed by atoms with van der Waals surface area (Å²) >= 11 is 0. The van der Waals surface area contributed by atoms with Crippen LogP contribution in [0.2, 0.25) is 0 Å². The summed E-state index contributed by atoms with van der Waals surface area (Å²) in [6.45, 7) is 7.29. The quantitative estimate of drug-likeness (QED) is 0.606. The average molecular weight is 359 g/mol. The first kappa shape index (κ1) is 19.2. The number of piperidine rings is 1. The zero-order chi connectivity index (χ0) is 18.2. The molecule has 0 spiro atoms. The first-order valence-corrected chi connectivity index (χ1v) is 10.1. The van der Waals surface area contributed by atoms with Crippen molar-refractivity contribution in [2.24, 2.45) is 10.9 Å². The van der Waals surface area contributed by atoms with Gasteiger partial charge in [-0.3, -0.25) is 9.89 Å². The number of hydrogen-bond acceptors (Lipinski definition) is 3. The lowest BCUT2D eigenvalue weighted by molar-refractivity contribution is 0.113. The van der Waals surface area contributed by atoms with E-state index in [2.05, 4.69) is 57.8 Å². The molecule has 5 heteroatoms. The molecular weight excluding hydrogens is 324 g/mol. The van der Waals surface area contributed by atoms with E-state index in [0.29, 0.717) is 12.1 Å². The number of ether oxygens (including phenoxy) is 1. The number of guanidine groups is 1. The van der Waals surface area contributed by atoms with E-state index in [4.69, 9.17) is 4.74 Å². The number of rotatable bonds is 6. The summed E-state index contributed by atoms with van der Waals surface area (Å²) < 4.78 is 5.69. The van der Waals surface area contributed by atoms with Crippen LogP contribution in [-0.2, 0) is 4.74 Å². The SMILES string of the molecule is CN=C(NCC1CCCO1)NCC(c1ccccc1)N1CCC(C)CC1. The lowest BCUT2D eigenvalue weighted by Gasteiger charge is -2.37. The van der Waals surface area contributed by atoms with Crippen molar-refractivity contribution in [3.8, 4) is 0 Å². The molecule has 0 saturated carbocycles. The molecule has 1 aromatic rings. The van der Waals surface area contributed by atoms with Crippen LogP contribution in [0.4, 0.5) is 0 Å². The van der Waals surface area contributed by atoms with E-state index in [0.717, 1.165) is 38.0 Å². The van der Waals surface area contributed by atoms with Gasteiger partial charge in [0.25, 0.3) is 0 Å². The first-order valence-electron chi connectivity index (χ1n) is 10.1. The lowest BCUT2D eigenvalue weighted by Crippen LogP contribution is -2.46. The largest absolute Gasteiger partial charge is 0.376 e. The van der Waals surface area contributed by atoms with E-state index in [1.165, 1.54) is 37.9 Å². The molecule has 2 N–H and O–H groups in total. The third-order valence-corrected chi connectivity index (χ3v) is 5.65. The van der Waals surface area contributed by atoms with Crippen LogP contribution in [0.3, 0.4) is 0 Å². The van der Waals surface area contributed by atoms with Crippen LogP contribution in [0, 0.1) is 5.92 Å². The third-order valence-electron chi connectivity index (χ3n) is 5.65. The van der Waals surface area contributed by atoms with Crippen molar-refractivity contribution in [3.05, 3.63) is 35.9 Å². The molecule has 2 fully saturated rings. The van der Waals surface area contributed by atoms with Gasteiger partial charge in [-0.15, -0.1) is 0 Å². The first-order chi connectivity index (χ1) is 12.8. The summed E-state index contributed by atoms with van der Waals surface area (Å²) in [5, 5.41) is 6.97. The normalized spacial score (nSPS) is 23.8. The molecule has 2 heterocycles. The standard InChI is InChI=1S/C21H34N4O/c1-17-10-12-25(13-11-17)20(18-7-4-3-5-8-18)16-24-21(22-2)23-15-19-9-6-14-26-19/h3-5,7-8,17,19-20H,6,9-16H2,1-2H3,(H2,22,23,24). The number of aliphatic imine (C=N–C) groups is 1. The molecule has 0 bridgehead atoms. The number of nitrogens with zero attached hydrogens (tertiary/aromatic N) is 2. The maximum Gasteiger partial charge on any atom is 0.191 e. The maximum absolute atomic E-state index is 5.69. The fourth-order valence-electron chi connectivity index (χ4n) is 3.90. The molecule has 2 saturated heterocycles. The Hall–Kier alpha value is -1.59. The summed E-state index contributed by atoms with van der Waals surface area (Å²) in [6.07, 6.45) is 5.21. The van der Waals surface area contributed by atoms with Crippen molar-refractivity contribution >= 4 is 5.96 Å². The van der Waals surface area contributed by atoms with E-state index in [-0.39, 0.29) is 0 Å². The Morgan fingerprint density at radius 3 is 2.62 bits per heavy atom. The predicted octanol–water partition coefficient (Wildman–Crippen LogP) is 2.80. The molecule has 2 aliphatic heterocycles. The van der Waals surface area contributed by atoms with Crippen LogP contribution in [0.25, 0.3) is 0 Å². The fourth-order valence-corrected chi connectivity index (χ4v) is 3.90. The van der Waals surface area contributed by atoms with Crippen LogP contribution in [0.5, 0.6) is 0 Å². The van der Waals surface area contributed by atoms with Gasteiger partial charge in [-0.2, -0.15) is 0 Å². The average Bonchev–Trinajstić information content (AvgIpc) is 3.20. The Morgan fingerprint density at radius 1 is 1.19 bits per heavy atom. The maximum atomic E-state index is 5.69. The number of benzene rings is 1. The van der Waals surface area contributed by atoms with E-state index in [9.17, 15) is 0 Å². The lowest BCUT2D eigenvalue weighted by atomic mass is 9.95. The third kappa shape index (κ3) is 5.45. The van der Waals surface area contributed by atoms with E-state index < -0.39 is 0 Å². The molecule has 2 unspecified atom stereocenters. The second kappa shape index (κ2) is 9.93. The summed E-state index contributed by atoms with van der Waals surface area (Å²) in [6, 6.07) is 11.2. The molecule has 0 aliphatic carbocycles. The molecule has 144 valence electrons.